The zero-order valence-electron chi connectivity index (χ0n) is 7.14. The van der Waals surface area contributed by atoms with Gasteiger partial charge in [-0.1, -0.05) is 0 Å². The summed E-state index contributed by atoms with van der Waals surface area (Å²) in [6, 6.07) is 0. The molecule has 2 atom stereocenters. The molecular weight excluding hydrogens is 262 g/mol. The van der Waals surface area contributed by atoms with Crippen LogP contribution in [0.3, 0.4) is 0 Å². The normalized spacial score (nSPS) is 18.4. The van der Waals surface area contributed by atoms with E-state index < -0.39 is 37.0 Å². The summed E-state index contributed by atoms with van der Waals surface area (Å²) >= 11 is 0. The van der Waals surface area contributed by atoms with Gasteiger partial charge in [-0.2, -0.15) is 30.7 Å². The van der Waals surface area contributed by atoms with E-state index in [1.807, 2.05) is 0 Å². The second-order valence-electron chi connectivity index (χ2n) is 2.81. The maximum Gasteiger partial charge on any atom is 0.422 e. The molecule has 0 aliphatic rings. The molecule has 0 heterocycles. The van der Waals surface area contributed by atoms with Gasteiger partial charge in [0.05, 0.1) is 0 Å². The van der Waals surface area contributed by atoms with Crippen LogP contribution in [0.5, 0.6) is 0 Å². The highest BCUT2D eigenvalue weighted by Crippen LogP contribution is 2.43. The van der Waals surface area contributed by atoms with Crippen molar-refractivity contribution in [2.24, 2.45) is 0 Å². The summed E-state index contributed by atoms with van der Waals surface area (Å²) in [6.07, 6.45) is -15.8. The maximum atomic E-state index is 12.3. The second-order valence-corrected chi connectivity index (χ2v) is 2.81. The van der Waals surface area contributed by atoms with Gasteiger partial charge < -0.3 is 0 Å². The van der Waals surface area contributed by atoms with Crippen LogP contribution in [0.15, 0.2) is 0 Å². The van der Waals surface area contributed by atoms with Gasteiger partial charge in [0.1, 0.15) is 0 Å². The molecule has 0 spiro atoms. The van der Waals surface area contributed by atoms with Gasteiger partial charge >= 0.3 is 18.0 Å². The smallest absolute Gasteiger partial charge is 0.244 e. The minimum absolute atomic E-state index is 3.11. The third-order valence-corrected chi connectivity index (χ3v) is 1.57. The van der Waals surface area contributed by atoms with Crippen molar-refractivity contribution in [1.29, 1.82) is 0 Å². The molecule has 0 fully saturated rings. The third-order valence-electron chi connectivity index (χ3n) is 1.57. The first-order valence-corrected chi connectivity index (χ1v) is 3.54. The fourth-order valence-corrected chi connectivity index (χ4v) is 0.641. The molecular formula is C6H4F10. The number of halogens is 10. The summed E-state index contributed by atoms with van der Waals surface area (Å²) in [4.78, 5) is 0. The van der Waals surface area contributed by atoms with Crippen LogP contribution in [0.2, 0.25) is 0 Å². The fourth-order valence-electron chi connectivity index (χ4n) is 0.641. The Hall–Kier alpha value is -0.700. The number of hydrogen-bond donors (Lipinski definition) is 0. The molecule has 0 aliphatic heterocycles. The van der Waals surface area contributed by atoms with Crippen molar-refractivity contribution in [2.45, 2.75) is 30.4 Å². The molecule has 98 valence electrons. The van der Waals surface area contributed by atoms with Gasteiger partial charge in [-0.3, -0.25) is 0 Å². The number of rotatable bonds is 4. The van der Waals surface area contributed by atoms with Crippen LogP contribution in [0, 0.1) is 0 Å². The third kappa shape index (κ3) is 2.70. The van der Waals surface area contributed by atoms with E-state index in [2.05, 4.69) is 0 Å². The van der Waals surface area contributed by atoms with E-state index in [0.29, 0.717) is 0 Å². The first-order chi connectivity index (χ1) is 6.88. The van der Waals surface area contributed by atoms with Crippen molar-refractivity contribution in [2.75, 3.05) is 6.67 Å². The molecule has 0 aromatic heterocycles. The SMILES string of the molecule is FCC(F)(F)C(F)(F)C(F)C(F)C(F)(F)F. The van der Waals surface area contributed by atoms with E-state index in [-0.39, 0.29) is 0 Å². The lowest BCUT2D eigenvalue weighted by Crippen LogP contribution is -2.55. The average Bonchev–Trinajstić information content (AvgIpc) is 2.13. The number of alkyl halides is 10. The van der Waals surface area contributed by atoms with E-state index in [0.717, 1.165) is 0 Å². The van der Waals surface area contributed by atoms with Crippen LogP contribution in [-0.2, 0) is 0 Å². The van der Waals surface area contributed by atoms with Crippen LogP contribution >= 0.6 is 0 Å². The van der Waals surface area contributed by atoms with Crippen molar-refractivity contribution in [3.05, 3.63) is 0 Å². The highest BCUT2D eigenvalue weighted by Gasteiger charge is 2.67. The van der Waals surface area contributed by atoms with Crippen molar-refractivity contribution in [1.82, 2.24) is 0 Å². The van der Waals surface area contributed by atoms with Crippen molar-refractivity contribution in [3.8, 4) is 0 Å². The summed E-state index contributed by atoms with van der Waals surface area (Å²) in [6.45, 7) is -3.11. The largest absolute Gasteiger partial charge is 0.422 e. The minimum Gasteiger partial charge on any atom is -0.244 e. The molecule has 0 N–H and O–H groups in total. The van der Waals surface area contributed by atoms with Crippen LogP contribution < -0.4 is 0 Å². The second kappa shape index (κ2) is 4.28. The predicted octanol–water partition coefficient (Wildman–Crippen LogP) is 3.47. The summed E-state index contributed by atoms with van der Waals surface area (Å²) in [5.41, 5.74) is 0. The van der Waals surface area contributed by atoms with Gasteiger partial charge in [-0.05, 0) is 0 Å². The molecule has 0 radical (unpaired) electrons. The Morgan fingerprint density at radius 1 is 0.750 bits per heavy atom. The fraction of sp³-hybridized carbons (Fsp3) is 1.00. The summed E-state index contributed by atoms with van der Waals surface area (Å²) in [7, 11) is 0. The number of hydrogen-bond acceptors (Lipinski definition) is 0. The minimum atomic E-state index is -6.09. The highest BCUT2D eigenvalue weighted by molar-refractivity contribution is 4.96. The highest BCUT2D eigenvalue weighted by atomic mass is 19.4. The quantitative estimate of drug-likeness (QED) is 0.683. The molecule has 0 amide bonds. The topological polar surface area (TPSA) is 0 Å². The lowest BCUT2D eigenvalue weighted by atomic mass is 10.0. The Morgan fingerprint density at radius 2 is 1.12 bits per heavy atom. The Labute approximate surface area is 82.2 Å². The van der Waals surface area contributed by atoms with Gasteiger partial charge in [0.2, 0.25) is 12.3 Å². The maximum absolute atomic E-state index is 12.3. The van der Waals surface area contributed by atoms with E-state index in [4.69, 9.17) is 0 Å². The lowest BCUT2D eigenvalue weighted by molar-refractivity contribution is -0.283. The summed E-state index contributed by atoms with van der Waals surface area (Å²) in [5.74, 6) is -11.8. The van der Waals surface area contributed by atoms with Gasteiger partial charge in [-0.25, -0.2) is 13.2 Å². The van der Waals surface area contributed by atoms with E-state index in [1.165, 1.54) is 0 Å². The van der Waals surface area contributed by atoms with E-state index in [9.17, 15) is 43.9 Å². The zero-order chi connectivity index (χ0) is 13.4. The molecule has 0 aromatic rings. The van der Waals surface area contributed by atoms with Crippen LogP contribution in [-0.4, -0.2) is 37.0 Å². The Kier molecular flexibility index (Phi) is 4.10. The Morgan fingerprint density at radius 3 is 1.38 bits per heavy atom. The Bertz CT molecular complexity index is 230. The zero-order valence-corrected chi connectivity index (χ0v) is 7.14. The summed E-state index contributed by atoms with van der Waals surface area (Å²) in [5, 5.41) is 0. The molecule has 0 aliphatic carbocycles. The van der Waals surface area contributed by atoms with Crippen molar-refractivity contribution < 1.29 is 43.9 Å². The molecule has 0 saturated carbocycles. The molecule has 2 unspecified atom stereocenters. The van der Waals surface area contributed by atoms with Gasteiger partial charge in [0.15, 0.2) is 6.67 Å². The monoisotopic (exact) mass is 266 g/mol. The summed E-state index contributed by atoms with van der Waals surface area (Å²) < 4.78 is 119. The molecule has 10 heteroatoms. The van der Waals surface area contributed by atoms with E-state index in [1.54, 1.807) is 0 Å². The molecule has 16 heavy (non-hydrogen) atoms. The molecule has 0 aromatic carbocycles. The van der Waals surface area contributed by atoms with Gasteiger partial charge in [-0.15, -0.1) is 0 Å². The molecule has 0 nitrogen and oxygen atoms in total. The van der Waals surface area contributed by atoms with Crippen LogP contribution in [0.1, 0.15) is 0 Å². The lowest BCUT2D eigenvalue weighted by Gasteiger charge is -2.29. The average molecular weight is 266 g/mol. The van der Waals surface area contributed by atoms with Crippen molar-refractivity contribution in [3.63, 3.8) is 0 Å². The molecule has 0 rings (SSSR count). The van der Waals surface area contributed by atoms with Crippen LogP contribution in [0.25, 0.3) is 0 Å². The Balaban J connectivity index is 5.04. The molecule has 0 bridgehead atoms. The standard InChI is InChI=1S/C6H4F10/c7-1-4(10,11)5(12,13)2(8)3(9)6(14,15)16/h2-3H,1H2. The van der Waals surface area contributed by atoms with Gasteiger partial charge in [0, 0.05) is 0 Å². The van der Waals surface area contributed by atoms with Crippen LogP contribution in [0.4, 0.5) is 43.9 Å². The predicted molar refractivity (Wildman–Crippen MR) is 31.7 cm³/mol. The first kappa shape index (κ1) is 15.3. The van der Waals surface area contributed by atoms with Gasteiger partial charge in [0.25, 0.3) is 0 Å². The van der Waals surface area contributed by atoms with Crippen molar-refractivity contribution >= 4 is 0 Å². The van der Waals surface area contributed by atoms with E-state index >= 15 is 0 Å². The molecule has 0 saturated heterocycles. The first-order valence-electron chi connectivity index (χ1n) is 3.54.